The molecule has 0 amide bonds. The van der Waals surface area contributed by atoms with Gasteiger partial charge in [-0.15, -0.1) is 0 Å². The first-order valence-electron chi connectivity index (χ1n) is 5.39. The van der Waals surface area contributed by atoms with Gasteiger partial charge in [0.2, 0.25) is 0 Å². The van der Waals surface area contributed by atoms with Gasteiger partial charge in [0.25, 0.3) is 0 Å². The molecule has 0 aromatic rings. The first-order chi connectivity index (χ1) is 6.25. The summed E-state index contributed by atoms with van der Waals surface area (Å²) in [6.07, 6.45) is 5.54. The minimum atomic E-state index is 0.519. The SMILES string of the molecule is CNCC1(C(C)COC)CCCC1. The second-order valence-electron chi connectivity index (χ2n) is 4.46. The fraction of sp³-hybridized carbons (Fsp3) is 1.00. The second-order valence-corrected chi connectivity index (χ2v) is 4.46. The van der Waals surface area contributed by atoms with E-state index in [1.165, 1.54) is 25.7 Å². The Balaban J connectivity index is 2.54. The van der Waals surface area contributed by atoms with Crippen molar-refractivity contribution in [1.29, 1.82) is 0 Å². The largest absolute Gasteiger partial charge is 0.384 e. The Hall–Kier alpha value is -0.0800. The van der Waals surface area contributed by atoms with Crippen molar-refractivity contribution in [3.8, 4) is 0 Å². The lowest BCUT2D eigenvalue weighted by molar-refractivity contribution is 0.0736. The summed E-state index contributed by atoms with van der Waals surface area (Å²) < 4.78 is 5.26. The molecular weight excluding hydrogens is 162 g/mol. The van der Waals surface area contributed by atoms with Crippen LogP contribution in [0.5, 0.6) is 0 Å². The van der Waals surface area contributed by atoms with Crippen LogP contribution in [0.25, 0.3) is 0 Å². The Kier molecular flexibility index (Phi) is 4.20. The fourth-order valence-electron chi connectivity index (χ4n) is 2.70. The van der Waals surface area contributed by atoms with E-state index in [0.717, 1.165) is 13.2 Å². The lowest BCUT2D eigenvalue weighted by Gasteiger charge is -2.35. The summed E-state index contributed by atoms with van der Waals surface area (Å²) >= 11 is 0. The molecule has 1 atom stereocenters. The molecule has 1 aliphatic rings. The van der Waals surface area contributed by atoms with Crippen LogP contribution in [-0.2, 0) is 4.74 Å². The molecule has 13 heavy (non-hydrogen) atoms. The lowest BCUT2D eigenvalue weighted by atomic mass is 9.75. The van der Waals surface area contributed by atoms with Gasteiger partial charge in [-0.2, -0.15) is 0 Å². The first kappa shape index (κ1) is 11.0. The normalized spacial score (nSPS) is 23.3. The van der Waals surface area contributed by atoms with Gasteiger partial charge < -0.3 is 10.1 Å². The zero-order chi connectivity index (χ0) is 9.73. The van der Waals surface area contributed by atoms with E-state index in [1.807, 2.05) is 0 Å². The molecule has 0 radical (unpaired) electrons. The Bertz CT molecular complexity index is 141. The molecule has 0 aromatic carbocycles. The first-order valence-corrected chi connectivity index (χ1v) is 5.39. The van der Waals surface area contributed by atoms with Crippen molar-refractivity contribution < 1.29 is 4.74 Å². The topological polar surface area (TPSA) is 21.3 Å². The summed E-state index contributed by atoms with van der Waals surface area (Å²) in [5, 5.41) is 3.33. The summed E-state index contributed by atoms with van der Waals surface area (Å²) in [5.74, 6) is 0.687. The predicted octanol–water partition coefficient (Wildman–Crippen LogP) is 2.05. The van der Waals surface area contributed by atoms with E-state index in [0.29, 0.717) is 11.3 Å². The Morgan fingerprint density at radius 3 is 2.46 bits per heavy atom. The molecule has 0 heterocycles. The molecule has 1 aliphatic carbocycles. The van der Waals surface area contributed by atoms with Crippen LogP contribution < -0.4 is 5.32 Å². The number of hydrogen-bond acceptors (Lipinski definition) is 2. The third-order valence-electron chi connectivity index (χ3n) is 3.59. The highest BCUT2D eigenvalue weighted by molar-refractivity contribution is 4.90. The maximum absolute atomic E-state index is 5.26. The van der Waals surface area contributed by atoms with Crippen molar-refractivity contribution in [2.45, 2.75) is 32.6 Å². The molecular formula is C11H23NO. The average Bonchev–Trinajstić information content (AvgIpc) is 2.55. The van der Waals surface area contributed by atoms with E-state index in [-0.39, 0.29) is 0 Å². The maximum Gasteiger partial charge on any atom is 0.0493 e. The molecule has 1 rings (SSSR count). The number of rotatable bonds is 5. The molecule has 1 saturated carbocycles. The van der Waals surface area contributed by atoms with Gasteiger partial charge in [0.1, 0.15) is 0 Å². The Morgan fingerprint density at radius 1 is 1.38 bits per heavy atom. The lowest BCUT2D eigenvalue weighted by Crippen LogP contribution is -2.37. The summed E-state index contributed by atoms with van der Waals surface area (Å²) in [4.78, 5) is 0. The van der Waals surface area contributed by atoms with Crippen LogP contribution >= 0.6 is 0 Å². The molecule has 1 fully saturated rings. The van der Waals surface area contributed by atoms with Gasteiger partial charge >= 0.3 is 0 Å². The third kappa shape index (κ3) is 2.44. The van der Waals surface area contributed by atoms with Crippen LogP contribution in [0.1, 0.15) is 32.6 Å². The molecule has 78 valence electrons. The van der Waals surface area contributed by atoms with E-state index in [9.17, 15) is 0 Å². The smallest absolute Gasteiger partial charge is 0.0493 e. The number of nitrogens with one attached hydrogen (secondary N) is 1. The van der Waals surface area contributed by atoms with Crippen LogP contribution in [0, 0.1) is 11.3 Å². The molecule has 0 aliphatic heterocycles. The van der Waals surface area contributed by atoms with Crippen LogP contribution in [0.4, 0.5) is 0 Å². The van der Waals surface area contributed by atoms with Crippen LogP contribution in [0.2, 0.25) is 0 Å². The van der Waals surface area contributed by atoms with Gasteiger partial charge in [0, 0.05) is 20.3 Å². The van der Waals surface area contributed by atoms with Gasteiger partial charge in [-0.25, -0.2) is 0 Å². The van der Waals surface area contributed by atoms with Crippen LogP contribution in [0.3, 0.4) is 0 Å². The fourth-order valence-corrected chi connectivity index (χ4v) is 2.70. The van der Waals surface area contributed by atoms with Crippen molar-refractivity contribution >= 4 is 0 Å². The molecule has 1 N–H and O–H groups in total. The van der Waals surface area contributed by atoms with Gasteiger partial charge in [-0.3, -0.25) is 0 Å². The van der Waals surface area contributed by atoms with Crippen molar-refractivity contribution in [2.24, 2.45) is 11.3 Å². The molecule has 0 bridgehead atoms. The van der Waals surface area contributed by atoms with Crippen molar-refractivity contribution in [1.82, 2.24) is 5.32 Å². The van der Waals surface area contributed by atoms with Gasteiger partial charge in [-0.05, 0) is 31.2 Å². The summed E-state index contributed by atoms with van der Waals surface area (Å²) in [7, 11) is 3.86. The Morgan fingerprint density at radius 2 is 2.00 bits per heavy atom. The molecule has 2 nitrogen and oxygen atoms in total. The molecule has 2 heteroatoms. The minimum absolute atomic E-state index is 0.519. The zero-order valence-corrected chi connectivity index (χ0v) is 9.23. The number of ether oxygens (including phenoxy) is 1. The molecule has 0 spiro atoms. The Labute approximate surface area is 82.0 Å². The highest BCUT2D eigenvalue weighted by atomic mass is 16.5. The summed E-state index contributed by atoms with van der Waals surface area (Å²) in [5.41, 5.74) is 0.519. The zero-order valence-electron chi connectivity index (χ0n) is 9.23. The van der Waals surface area contributed by atoms with E-state index in [1.54, 1.807) is 7.11 Å². The highest BCUT2D eigenvalue weighted by Crippen LogP contribution is 2.43. The van der Waals surface area contributed by atoms with Crippen LogP contribution in [0.15, 0.2) is 0 Å². The molecule has 0 aromatic heterocycles. The predicted molar refractivity (Wildman–Crippen MR) is 55.9 cm³/mol. The van der Waals surface area contributed by atoms with Crippen molar-refractivity contribution in [2.75, 3.05) is 27.3 Å². The van der Waals surface area contributed by atoms with E-state index >= 15 is 0 Å². The average molecular weight is 185 g/mol. The molecule has 0 saturated heterocycles. The van der Waals surface area contributed by atoms with Crippen molar-refractivity contribution in [3.63, 3.8) is 0 Å². The van der Waals surface area contributed by atoms with Crippen LogP contribution in [-0.4, -0.2) is 27.3 Å². The highest BCUT2D eigenvalue weighted by Gasteiger charge is 2.37. The number of hydrogen-bond donors (Lipinski definition) is 1. The monoisotopic (exact) mass is 185 g/mol. The van der Waals surface area contributed by atoms with Crippen molar-refractivity contribution in [3.05, 3.63) is 0 Å². The van der Waals surface area contributed by atoms with Gasteiger partial charge in [0.05, 0.1) is 0 Å². The van der Waals surface area contributed by atoms with E-state index < -0.39 is 0 Å². The van der Waals surface area contributed by atoms with Gasteiger partial charge in [-0.1, -0.05) is 19.8 Å². The number of methoxy groups -OCH3 is 1. The van der Waals surface area contributed by atoms with E-state index in [2.05, 4.69) is 19.3 Å². The third-order valence-corrected chi connectivity index (χ3v) is 3.59. The maximum atomic E-state index is 5.26. The summed E-state index contributed by atoms with van der Waals surface area (Å²) in [6.45, 7) is 4.38. The standard InChI is InChI=1S/C11H23NO/c1-10(8-13-3)11(9-12-2)6-4-5-7-11/h10,12H,4-9H2,1-3H3. The summed E-state index contributed by atoms with van der Waals surface area (Å²) in [6, 6.07) is 0. The van der Waals surface area contributed by atoms with E-state index in [4.69, 9.17) is 4.74 Å². The minimum Gasteiger partial charge on any atom is -0.384 e. The van der Waals surface area contributed by atoms with Gasteiger partial charge in [0.15, 0.2) is 0 Å². The quantitative estimate of drug-likeness (QED) is 0.708. The molecule has 1 unspecified atom stereocenters. The second kappa shape index (κ2) is 4.97.